The van der Waals surface area contributed by atoms with E-state index in [0.29, 0.717) is 11.5 Å². The number of carbonyl (C=O) groups excluding carboxylic acids is 1. The van der Waals surface area contributed by atoms with Crippen LogP contribution in [0.3, 0.4) is 0 Å². The van der Waals surface area contributed by atoms with Gasteiger partial charge in [0, 0.05) is 5.69 Å². The molecule has 7 nitrogen and oxygen atoms in total. The smallest absolute Gasteiger partial charge is 0.338 e. The SMILES string of the molecule is COC(=O)C(=Cc1ccc(N2C(N)=NC(N)=NC23CCCCC3)cc1)c1ccccc1. The molecule has 0 atom stereocenters. The summed E-state index contributed by atoms with van der Waals surface area (Å²) < 4.78 is 4.98. The van der Waals surface area contributed by atoms with Gasteiger partial charge in [-0.15, -0.1) is 0 Å². The monoisotopic (exact) mass is 417 g/mol. The summed E-state index contributed by atoms with van der Waals surface area (Å²) in [7, 11) is 1.39. The molecule has 31 heavy (non-hydrogen) atoms. The van der Waals surface area contributed by atoms with Crippen LogP contribution in [0.5, 0.6) is 0 Å². The summed E-state index contributed by atoms with van der Waals surface area (Å²) in [6, 6.07) is 17.3. The molecule has 0 amide bonds. The van der Waals surface area contributed by atoms with Gasteiger partial charge in [-0.3, -0.25) is 4.90 Å². The van der Waals surface area contributed by atoms with Crippen molar-refractivity contribution in [1.82, 2.24) is 0 Å². The van der Waals surface area contributed by atoms with Gasteiger partial charge in [0.2, 0.25) is 11.9 Å². The summed E-state index contributed by atoms with van der Waals surface area (Å²) in [6.07, 6.45) is 6.91. The predicted octanol–water partition coefficient (Wildman–Crippen LogP) is 3.51. The van der Waals surface area contributed by atoms with Crippen LogP contribution in [0.2, 0.25) is 0 Å². The van der Waals surface area contributed by atoms with Gasteiger partial charge in [0.15, 0.2) is 0 Å². The summed E-state index contributed by atoms with van der Waals surface area (Å²) in [4.78, 5) is 23.3. The molecule has 4 rings (SSSR count). The largest absolute Gasteiger partial charge is 0.465 e. The lowest BCUT2D eigenvalue weighted by Gasteiger charge is -2.45. The normalized spacial score (nSPS) is 18.4. The van der Waals surface area contributed by atoms with Crippen molar-refractivity contribution in [3.8, 4) is 0 Å². The Morgan fingerprint density at radius 2 is 1.71 bits per heavy atom. The minimum atomic E-state index is -0.479. The fraction of sp³-hybridized carbons (Fsp3) is 0.292. The second-order valence-electron chi connectivity index (χ2n) is 7.83. The van der Waals surface area contributed by atoms with Crippen molar-refractivity contribution in [1.29, 1.82) is 0 Å². The van der Waals surface area contributed by atoms with Gasteiger partial charge in [0.1, 0.15) is 5.66 Å². The molecule has 0 saturated heterocycles. The highest BCUT2D eigenvalue weighted by Crippen LogP contribution is 2.39. The van der Waals surface area contributed by atoms with Gasteiger partial charge in [0.05, 0.1) is 12.7 Å². The number of esters is 1. The average Bonchev–Trinajstić information content (AvgIpc) is 2.78. The molecule has 4 N–H and O–H groups in total. The summed E-state index contributed by atoms with van der Waals surface area (Å²) in [5.41, 5.74) is 14.8. The zero-order valence-corrected chi connectivity index (χ0v) is 17.6. The molecule has 1 aliphatic heterocycles. The number of methoxy groups -OCH3 is 1. The molecule has 0 radical (unpaired) electrons. The van der Waals surface area contributed by atoms with Crippen molar-refractivity contribution in [2.75, 3.05) is 12.0 Å². The zero-order chi connectivity index (χ0) is 21.8. The third kappa shape index (κ3) is 4.17. The topological polar surface area (TPSA) is 106 Å². The molecular weight excluding hydrogens is 390 g/mol. The fourth-order valence-corrected chi connectivity index (χ4v) is 4.37. The minimum absolute atomic E-state index is 0.237. The van der Waals surface area contributed by atoms with E-state index >= 15 is 0 Å². The Bertz CT molecular complexity index is 1040. The Morgan fingerprint density at radius 3 is 2.35 bits per heavy atom. The maximum atomic E-state index is 12.3. The number of benzene rings is 2. The Balaban J connectivity index is 1.68. The van der Waals surface area contributed by atoms with Gasteiger partial charge in [0.25, 0.3) is 0 Å². The number of aliphatic imine (C=N–C) groups is 2. The van der Waals surface area contributed by atoms with E-state index in [1.54, 1.807) is 0 Å². The van der Waals surface area contributed by atoms with E-state index in [1.165, 1.54) is 13.5 Å². The van der Waals surface area contributed by atoms with Crippen LogP contribution in [-0.4, -0.2) is 30.7 Å². The molecule has 0 aromatic heterocycles. The second-order valence-corrected chi connectivity index (χ2v) is 7.83. The third-order valence-corrected chi connectivity index (χ3v) is 5.80. The highest BCUT2D eigenvalue weighted by Gasteiger charge is 2.42. The molecule has 2 aromatic rings. The van der Waals surface area contributed by atoms with Gasteiger partial charge in [-0.1, -0.05) is 48.9 Å². The lowest BCUT2D eigenvalue weighted by Crippen LogP contribution is -2.58. The van der Waals surface area contributed by atoms with Crippen molar-refractivity contribution in [2.24, 2.45) is 21.5 Å². The van der Waals surface area contributed by atoms with E-state index in [2.05, 4.69) is 4.99 Å². The van der Waals surface area contributed by atoms with E-state index in [9.17, 15) is 4.79 Å². The quantitative estimate of drug-likeness (QED) is 0.450. The standard InChI is InChI=1S/C24H27N5O2/c1-31-21(30)20(18-8-4-2-5-9-18)16-17-10-12-19(13-11-17)29-23(26)27-22(25)28-24(29)14-6-3-7-15-24/h2,4-5,8-13,16H,3,6-7,14-15H2,1H3,(H4,25,26,27,28). The maximum absolute atomic E-state index is 12.3. The van der Waals surface area contributed by atoms with Crippen LogP contribution >= 0.6 is 0 Å². The van der Waals surface area contributed by atoms with Crippen molar-refractivity contribution in [3.63, 3.8) is 0 Å². The van der Waals surface area contributed by atoms with E-state index in [0.717, 1.165) is 42.5 Å². The molecule has 0 bridgehead atoms. The van der Waals surface area contributed by atoms with Crippen LogP contribution in [0.1, 0.15) is 43.2 Å². The summed E-state index contributed by atoms with van der Waals surface area (Å²) in [5, 5.41) is 0. The maximum Gasteiger partial charge on any atom is 0.338 e. The number of ether oxygens (including phenoxy) is 1. The number of anilines is 1. The predicted molar refractivity (Wildman–Crippen MR) is 124 cm³/mol. The number of guanidine groups is 2. The number of nitrogens with zero attached hydrogens (tertiary/aromatic N) is 3. The van der Waals surface area contributed by atoms with Crippen molar-refractivity contribution < 1.29 is 9.53 Å². The summed E-state index contributed by atoms with van der Waals surface area (Å²) in [5.74, 6) is 0.215. The molecule has 2 aliphatic rings. The van der Waals surface area contributed by atoms with Crippen LogP contribution in [0.4, 0.5) is 5.69 Å². The second kappa shape index (κ2) is 8.63. The van der Waals surface area contributed by atoms with Gasteiger partial charge in [-0.2, -0.15) is 4.99 Å². The summed E-state index contributed by atoms with van der Waals surface area (Å²) >= 11 is 0. The molecular formula is C24H27N5O2. The molecule has 1 spiro atoms. The van der Waals surface area contributed by atoms with E-state index < -0.39 is 5.66 Å². The van der Waals surface area contributed by atoms with Gasteiger partial charge in [-0.05, 0) is 55.0 Å². The first-order valence-electron chi connectivity index (χ1n) is 10.5. The minimum Gasteiger partial charge on any atom is -0.465 e. The van der Waals surface area contributed by atoms with Gasteiger partial charge >= 0.3 is 5.97 Å². The number of rotatable bonds is 4. The molecule has 1 heterocycles. The van der Waals surface area contributed by atoms with Crippen LogP contribution in [0.25, 0.3) is 11.6 Å². The van der Waals surface area contributed by atoms with Gasteiger partial charge < -0.3 is 16.2 Å². The molecule has 0 unspecified atom stereocenters. The van der Waals surface area contributed by atoms with E-state index in [4.69, 9.17) is 21.2 Å². The average molecular weight is 418 g/mol. The lowest BCUT2D eigenvalue weighted by molar-refractivity contribution is -0.133. The first kappa shape index (κ1) is 20.7. The van der Waals surface area contributed by atoms with Crippen LogP contribution < -0.4 is 16.4 Å². The summed E-state index contributed by atoms with van der Waals surface area (Å²) in [6.45, 7) is 0. The number of hydrogen-bond acceptors (Lipinski definition) is 7. The Kier molecular flexibility index (Phi) is 5.75. The Morgan fingerprint density at radius 1 is 1.03 bits per heavy atom. The molecule has 2 aromatic carbocycles. The molecule has 7 heteroatoms. The lowest BCUT2D eigenvalue weighted by atomic mass is 9.87. The number of hydrogen-bond donors (Lipinski definition) is 2. The molecule has 160 valence electrons. The highest BCUT2D eigenvalue weighted by atomic mass is 16.5. The molecule has 1 saturated carbocycles. The first-order chi connectivity index (χ1) is 15.0. The fourth-order valence-electron chi connectivity index (χ4n) is 4.37. The van der Waals surface area contributed by atoms with Crippen LogP contribution in [0.15, 0.2) is 64.6 Å². The highest BCUT2D eigenvalue weighted by molar-refractivity contribution is 6.21. The Hall–Kier alpha value is -3.61. The van der Waals surface area contributed by atoms with Gasteiger partial charge in [-0.25, -0.2) is 9.79 Å². The molecule has 1 aliphatic carbocycles. The molecule has 1 fully saturated rings. The first-order valence-corrected chi connectivity index (χ1v) is 10.5. The van der Waals surface area contributed by atoms with Crippen LogP contribution in [0, 0.1) is 0 Å². The van der Waals surface area contributed by atoms with Crippen molar-refractivity contribution >= 4 is 35.2 Å². The number of carbonyl (C=O) groups is 1. The van der Waals surface area contributed by atoms with E-state index in [-0.39, 0.29) is 11.9 Å². The number of nitrogens with two attached hydrogens (primary N) is 2. The zero-order valence-electron chi connectivity index (χ0n) is 17.6. The van der Waals surface area contributed by atoms with Crippen LogP contribution in [-0.2, 0) is 9.53 Å². The van der Waals surface area contributed by atoms with Crippen molar-refractivity contribution in [2.45, 2.75) is 37.8 Å². The Labute approximate surface area is 182 Å². The van der Waals surface area contributed by atoms with Crippen molar-refractivity contribution in [3.05, 3.63) is 65.7 Å². The van der Waals surface area contributed by atoms with E-state index in [1.807, 2.05) is 65.6 Å². The third-order valence-electron chi connectivity index (χ3n) is 5.80.